The number of benzene rings is 2. The third-order valence-corrected chi connectivity index (χ3v) is 12.5. The summed E-state index contributed by atoms with van der Waals surface area (Å²) in [5.74, 6) is 0.758. The summed E-state index contributed by atoms with van der Waals surface area (Å²) in [6, 6.07) is 8.53. The van der Waals surface area contributed by atoms with Crippen molar-refractivity contribution in [2.75, 3.05) is 84.2 Å². The number of nitrogens with two attached hydrogens (primary N) is 1. The van der Waals surface area contributed by atoms with Gasteiger partial charge < -0.3 is 35.2 Å². The summed E-state index contributed by atoms with van der Waals surface area (Å²) in [7, 11) is 3.04. The molecule has 4 N–H and O–H groups in total. The molecule has 0 saturated carbocycles. The smallest absolute Gasteiger partial charge is 0.261 e. The molecule has 8 rings (SSSR count). The number of guanidine groups is 1. The third-order valence-electron chi connectivity index (χ3n) is 12.5. The van der Waals surface area contributed by atoms with E-state index in [1.165, 1.54) is 24.3 Å². The molecule has 1 atom stereocenters. The molecule has 0 bridgehead atoms. The van der Waals surface area contributed by atoms with Crippen LogP contribution in [0.3, 0.4) is 0 Å². The van der Waals surface area contributed by atoms with Gasteiger partial charge in [-0.1, -0.05) is 31.4 Å². The standard InChI is InChI=1S/C45H56N12O7/c1-53-36(59)16-14-33(42(53)61)57-28-29-10-8-11-32(37(29)43(57)62)50-35(58)12-6-4-3-5-7-18-54-21-23-55(24-22-54)19-9-25-64-34-15-13-31-38(39(34)63-2)51-45(56-20-17-47-40(31)56)52-41(60)30-26-48-44(46)49-27-30/h8,10-11,13,15,26-27,33H,3-7,9,12,14,16-25,28H2,1-2H3,(H,50,58)(H2,46,48,49)(H,51,52,60). The highest BCUT2D eigenvalue weighted by Crippen LogP contribution is 2.43. The second kappa shape index (κ2) is 19.9. The van der Waals surface area contributed by atoms with Crippen molar-refractivity contribution in [3.05, 3.63) is 65.0 Å². The zero-order valence-electron chi connectivity index (χ0n) is 36.5. The second-order valence-corrected chi connectivity index (χ2v) is 16.6. The predicted octanol–water partition coefficient (Wildman–Crippen LogP) is 3.03. The molecule has 5 amide bonds. The van der Waals surface area contributed by atoms with E-state index < -0.39 is 11.9 Å². The monoisotopic (exact) mass is 876 g/mol. The summed E-state index contributed by atoms with van der Waals surface area (Å²) < 4.78 is 12.1. The van der Waals surface area contributed by atoms with Gasteiger partial charge in [0.15, 0.2) is 11.5 Å². The van der Waals surface area contributed by atoms with Crippen LogP contribution in [0.5, 0.6) is 11.5 Å². The number of methoxy groups -OCH3 is 1. The van der Waals surface area contributed by atoms with Gasteiger partial charge in [-0.3, -0.25) is 44.1 Å². The number of nitrogen functional groups attached to an aromatic ring is 1. The van der Waals surface area contributed by atoms with Crippen LogP contribution < -0.4 is 25.8 Å². The van der Waals surface area contributed by atoms with Crippen molar-refractivity contribution in [2.24, 2.45) is 9.98 Å². The van der Waals surface area contributed by atoms with Crippen LogP contribution in [0.25, 0.3) is 0 Å². The number of anilines is 2. The Morgan fingerprint density at radius 3 is 2.39 bits per heavy atom. The number of aliphatic imine (C=N–C) groups is 2. The first-order valence-corrected chi connectivity index (χ1v) is 22.2. The van der Waals surface area contributed by atoms with Gasteiger partial charge in [0.25, 0.3) is 17.7 Å². The second-order valence-electron chi connectivity index (χ2n) is 16.6. The topological polar surface area (TPSA) is 221 Å². The van der Waals surface area contributed by atoms with E-state index in [0.29, 0.717) is 72.8 Å². The number of likely N-dealkylation sites (tertiary alicyclic amines) is 1. The van der Waals surface area contributed by atoms with Crippen molar-refractivity contribution in [3.8, 4) is 11.5 Å². The fourth-order valence-corrected chi connectivity index (χ4v) is 8.93. The number of hydrogen-bond acceptors (Lipinski definition) is 15. The Morgan fingerprint density at radius 2 is 1.62 bits per heavy atom. The van der Waals surface area contributed by atoms with Crippen LogP contribution in [-0.2, 0) is 20.9 Å². The van der Waals surface area contributed by atoms with E-state index in [-0.39, 0.29) is 48.1 Å². The van der Waals surface area contributed by atoms with Gasteiger partial charge in [0.1, 0.15) is 17.6 Å². The molecule has 1 aromatic heterocycles. The number of ether oxygens (including phenoxy) is 2. The van der Waals surface area contributed by atoms with Crippen molar-refractivity contribution in [2.45, 2.75) is 70.4 Å². The highest BCUT2D eigenvalue weighted by molar-refractivity contribution is 6.20. The number of imide groups is 1. The van der Waals surface area contributed by atoms with Crippen LogP contribution in [-0.4, -0.2) is 155 Å². The number of nitrogens with zero attached hydrogens (tertiary/aromatic N) is 9. The Kier molecular flexibility index (Phi) is 13.7. The van der Waals surface area contributed by atoms with E-state index >= 15 is 0 Å². The van der Waals surface area contributed by atoms with Crippen molar-refractivity contribution in [3.63, 3.8) is 0 Å². The minimum atomic E-state index is -0.681. The van der Waals surface area contributed by atoms with E-state index in [1.54, 1.807) is 13.2 Å². The first-order valence-electron chi connectivity index (χ1n) is 22.2. The maximum Gasteiger partial charge on any atom is 0.261 e. The quantitative estimate of drug-likeness (QED) is 0.131. The van der Waals surface area contributed by atoms with Gasteiger partial charge in [0, 0.05) is 83.7 Å². The Labute approximate surface area is 372 Å². The highest BCUT2D eigenvalue weighted by atomic mass is 16.5. The summed E-state index contributed by atoms with van der Waals surface area (Å²) in [4.78, 5) is 90.9. The average Bonchev–Trinajstić information content (AvgIpc) is 3.93. The summed E-state index contributed by atoms with van der Waals surface area (Å²) >= 11 is 0. The average molecular weight is 877 g/mol. The van der Waals surface area contributed by atoms with E-state index in [0.717, 1.165) is 93.8 Å². The summed E-state index contributed by atoms with van der Waals surface area (Å²) in [5, 5.41) is 5.82. The Morgan fingerprint density at radius 1 is 0.891 bits per heavy atom. The minimum Gasteiger partial charge on any atom is -0.491 e. The van der Waals surface area contributed by atoms with Gasteiger partial charge in [-0.2, -0.15) is 0 Å². The van der Waals surface area contributed by atoms with Gasteiger partial charge in [0.05, 0.1) is 37.1 Å². The zero-order chi connectivity index (χ0) is 44.7. The lowest BCUT2D eigenvalue weighted by molar-refractivity contribution is -0.150. The van der Waals surface area contributed by atoms with Crippen molar-refractivity contribution in [1.29, 1.82) is 0 Å². The summed E-state index contributed by atoms with van der Waals surface area (Å²) in [6.07, 6.45) is 9.49. The Bertz CT molecular complexity index is 2330. The molecular weight excluding hydrogens is 821 g/mol. The molecule has 19 nitrogen and oxygen atoms in total. The molecule has 0 aliphatic carbocycles. The largest absolute Gasteiger partial charge is 0.491 e. The predicted molar refractivity (Wildman–Crippen MR) is 239 cm³/mol. The number of carbonyl (C=O) groups excluding carboxylic acids is 5. The molecular formula is C45H56N12O7. The first kappa shape index (κ1) is 44.1. The van der Waals surface area contributed by atoms with Crippen LogP contribution in [0.15, 0.2) is 52.7 Å². The molecule has 2 aromatic carbocycles. The fraction of sp³-hybridized carbons (Fsp3) is 0.489. The maximum absolute atomic E-state index is 13.4. The Balaban J connectivity index is 0.707. The van der Waals surface area contributed by atoms with Crippen LogP contribution in [0, 0.1) is 0 Å². The van der Waals surface area contributed by atoms with Crippen molar-refractivity contribution < 1.29 is 33.4 Å². The molecule has 1 unspecified atom stereocenters. The number of rotatable bonds is 17. The molecule has 6 heterocycles. The van der Waals surface area contributed by atoms with Crippen LogP contribution in [0.2, 0.25) is 0 Å². The molecule has 5 aliphatic rings. The van der Waals surface area contributed by atoms with E-state index in [2.05, 4.69) is 35.4 Å². The lowest BCUT2D eigenvalue weighted by Gasteiger charge is -2.34. The number of amides is 5. The third kappa shape index (κ3) is 9.69. The summed E-state index contributed by atoms with van der Waals surface area (Å²) in [6.45, 7) is 7.99. The molecule has 64 heavy (non-hydrogen) atoms. The molecule has 3 aromatic rings. The lowest BCUT2D eigenvalue weighted by Crippen LogP contribution is -2.53. The molecule has 5 aliphatic heterocycles. The van der Waals surface area contributed by atoms with Gasteiger partial charge in [-0.25, -0.2) is 15.0 Å². The van der Waals surface area contributed by atoms with Crippen LogP contribution in [0.4, 0.5) is 17.3 Å². The SMILES string of the molecule is COc1c(OCCCN2CCN(CCCCCCCC(=O)Nc3cccc4c3C(=O)N(C3CCC(=O)N(C)C3=O)C4)CC2)ccc2c1N=C(NC(=O)c1cnc(N)nc1)N1CCN=C21. The number of aromatic nitrogens is 2. The molecule has 0 spiro atoms. The molecule has 19 heteroatoms. The van der Waals surface area contributed by atoms with Crippen molar-refractivity contribution >= 4 is 58.7 Å². The highest BCUT2D eigenvalue weighted by Gasteiger charge is 2.42. The Hall–Kier alpha value is -6.47. The minimum absolute atomic E-state index is 0.0827. The van der Waals surface area contributed by atoms with E-state index in [4.69, 9.17) is 20.2 Å². The van der Waals surface area contributed by atoms with Crippen LogP contribution in [0.1, 0.15) is 89.6 Å². The number of piperazine rings is 1. The zero-order valence-corrected chi connectivity index (χ0v) is 36.5. The normalized spacial score (nSPS) is 18.6. The number of carbonyl (C=O) groups is 5. The van der Waals surface area contributed by atoms with Crippen LogP contribution >= 0.6 is 0 Å². The molecule has 0 radical (unpaired) electrons. The number of fused-ring (bicyclic) bond motifs is 4. The van der Waals surface area contributed by atoms with Gasteiger partial charge in [0.2, 0.25) is 23.7 Å². The van der Waals surface area contributed by atoms with Crippen molar-refractivity contribution in [1.82, 2.24) is 39.8 Å². The number of piperidine rings is 1. The molecule has 338 valence electrons. The first-order chi connectivity index (χ1) is 31.1. The molecule has 2 fully saturated rings. The maximum atomic E-state index is 13.4. The van der Waals surface area contributed by atoms with E-state index in [9.17, 15) is 24.0 Å². The lowest BCUT2D eigenvalue weighted by atomic mass is 10.0. The number of nitrogens with one attached hydrogen (secondary N) is 2. The van der Waals surface area contributed by atoms with Gasteiger partial charge >= 0.3 is 0 Å². The number of likely N-dealkylation sites (N-methyl/N-ethyl adjacent to an activating group) is 1. The number of hydrogen-bond donors (Lipinski definition) is 3. The summed E-state index contributed by atoms with van der Waals surface area (Å²) in [5.41, 5.74) is 8.87. The van der Waals surface area contributed by atoms with Gasteiger partial charge in [-0.15, -0.1) is 0 Å². The van der Waals surface area contributed by atoms with Gasteiger partial charge in [-0.05, 0) is 56.0 Å². The number of amidine groups is 1. The molecule has 2 saturated heterocycles. The number of unbranched alkanes of at least 4 members (excludes halogenated alkanes) is 4. The van der Waals surface area contributed by atoms with E-state index in [1.807, 2.05) is 29.2 Å². The fourth-order valence-electron chi connectivity index (χ4n) is 8.93.